The first-order chi connectivity index (χ1) is 16.5. The average Bonchev–Trinajstić information content (AvgIpc) is 3.51. The number of hydrogen-bond donors (Lipinski definition) is 0. The summed E-state index contributed by atoms with van der Waals surface area (Å²) in [5.41, 5.74) is 3.86. The molecule has 2 aromatic carbocycles. The lowest BCUT2D eigenvalue weighted by Crippen LogP contribution is -2.35. The van der Waals surface area contributed by atoms with E-state index in [1.54, 1.807) is 16.4 Å². The van der Waals surface area contributed by atoms with Crippen LogP contribution in [-0.4, -0.2) is 47.8 Å². The Morgan fingerprint density at radius 1 is 1.03 bits per heavy atom. The van der Waals surface area contributed by atoms with Crippen LogP contribution in [0.5, 0.6) is 0 Å². The summed E-state index contributed by atoms with van der Waals surface area (Å²) in [7, 11) is -3.49. The number of benzene rings is 2. The Labute approximate surface area is 201 Å². The molecule has 1 aromatic heterocycles. The van der Waals surface area contributed by atoms with Gasteiger partial charge in [-0.05, 0) is 61.9 Å². The van der Waals surface area contributed by atoms with Crippen LogP contribution in [-0.2, 0) is 34.2 Å². The zero-order valence-corrected chi connectivity index (χ0v) is 20.6. The molecule has 180 valence electrons. The van der Waals surface area contributed by atoms with Crippen molar-refractivity contribution in [2.24, 2.45) is 0 Å². The molecule has 1 fully saturated rings. The fourth-order valence-corrected chi connectivity index (χ4v) is 6.75. The molecule has 7 nitrogen and oxygen atoms in total. The van der Waals surface area contributed by atoms with Crippen molar-refractivity contribution in [2.75, 3.05) is 24.5 Å². The Balaban J connectivity index is 1.39. The second-order valence-corrected chi connectivity index (χ2v) is 11.2. The number of anilines is 1. The van der Waals surface area contributed by atoms with E-state index in [2.05, 4.69) is 17.6 Å². The first kappa shape index (κ1) is 23.1. The predicted octanol–water partition coefficient (Wildman–Crippen LogP) is 4.14. The molecule has 0 saturated carbocycles. The average molecular weight is 481 g/mol. The fourth-order valence-electron chi connectivity index (χ4n) is 5.21. The Morgan fingerprint density at radius 3 is 2.62 bits per heavy atom. The SMILES string of the molecule is CCCn1c(CCC(=O)N2CCCc3ccccc32)nc2cc(S(=O)(=O)N3CCCC3)ccc21. The summed E-state index contributed by atoms with van der Waals surface area (Å²) in [6.45, 7) is 4.80. The second-order valence-electron chi connectivity index (χ2n) is 9.22. The molecule has 2 aliphatic rings. The quantitative estimate of drug-likeness (QED) is 0.509. The molecule has 5 rings (SSSR count). The van der Waals surface area contributed by atoms with Crippen molar-refractivity contribution in [3.63, 3.8) is 0 Å². The van der Waals surface area contributed by atoms with Crippen LogP contribution >= 0.6 is 0 Å². The molecule has 0 spiro atoms. The van der Waals surface area contributed by atoms with E-state index >= 15 is 0 Å². The third kappa shape index (κ3) is 4.25. The van der Waals surface area contributed by atoms with Crippen LogP contribution < -0.4 is 4.90 Å². The molecular weight excluding hydrogens is 448 g/mol. The van der Waals surface area contributed by atoms with Gasteiger partial charge in [0, 0.05) is 44.7 Å². The maximum atomic E-state index is 13.2. The molecule has 0 radical (unpaired) electrons. The van der Waals surface area contributed by atoms with Crippen molar-refractivity contribution in [3.8, 4) is 0 Å². The highest BCUT2D eigenvalue weighted by Crippen LogP contribution is 2.29. The molecule has 1 amide bonds. The van der Waals surface area contributed by atoms with Crippen molar-refractivity contribution in [3.05, 3.63) is 53.9 Å². The van der Waals surface area contributed by atoms with Gasteiger partial charge in [0.2, 0.25) is 15.9 Å². The van der Waals surface area contributed by atoms with Crippen LogP contribution in [0.1, 0.15) is 50.4 Å². The van der Waals surface area contributed by atoms with Gasteiger partial charge in [-0.2, -0.15) is 4.31 Å². The third-order valence-electron chi connectivity index (χ3n) is 6.92. The zero-order valence-electron chi connectivity index (χ0n) is 19.7. The van der Waals surface area contributed by atoms with E-state index in [9.17, 15) is 13.2 Å². The minimum absolute atomic E-state index is 0.111. The van der Waals surface area contributed by atoms with Crippen molar-refractivity contribution < 1.29 is 13.2 Å². The third-order valence-corrected chi connectivity index (χ3v) is 8.82. The lowest BCUT2D eigenvalue weighted by atomic mass is 10.0. The van der Waals surface area contributed by atoms with Gasteiger partial charge >= 0.3 is 0 Å². The van der Waals surface area contributed by atoms with E-state index in [1.807, 2.05) is 29.2 Å². The highest BCUT2D eigenvalue weighted by Gasteiger charge is 2.28. The van der Waals surface area contributed by atoms with Gasteiger partial charge in [-0.3, -0.25) is 4.79 Å². The summed E-state index contributed by atoms with van der Waals surface area (Å²) in [6.07, 6.45) is 5.64. The van der Waals surface area contributed by atoms with Crippen LogP contribution in [0.3, 0.4) is 0 Å². The maximum absolute atomic E-state index is 13.2. The molecule has 3 heterocycles. The van der Waals surface area contributed by atoms with Crippen LogP contribution in [0.2, 0.25) is 0 Å². The Bertz CT molecular complexity index is 1310. The monoisotopic (exact) mass is 480 g/mol. The first-order valence-electron chi connectivity index (χ1n) is 12.4. The molecule has 1 saturated heterocycles. The molecule has 2 aliphatic heterocycles. The maximum Gasteiger partial charge on any atom is 0.243 e. The topological polar surface area (TPSA) is 75.5 Å². The lowest BCUT2D eigenvalue weighted by molar-refractivity contribution is -0.118. The number of fused-ring (bicyclic) bond motifs is 2. The van der Waals surface area contributed by atoms with Gasteiger partial charge < -0.3 is 9.47 Å². The standard InChI is InChI=1S/C26H32N4O3S/c1-2-15-29-24-12-11-21(34(32,33)28-16-5-6-17-28)19-22(24)27-25(29)13-14-26(31)30-18-7-9-20-8-3-4-10-23(20)30/h3-4,8,10-12,19H,2,5-7,9,13-18H2,1H3. The van der Waals surface area contributed by atoms with E-state index in [-0.39, 0.29) is 5.91 Å². The van der Waals surface area contributed by atoms with Crippen LogP contribution in [0, 0.1) is 0 Å². The Kier molecular flexibility index (Phi) is 6.44. The zero-order chi connectivity index (χ0) is 23.7. The van der Waals surface area contributed by atoms with E-state index in [4.69, 9.17) is 4.98 Å². The molecule has 3 aromatic rings. The van der Waals surface area contributed by atoms with Crippen LogP contribution in [0.4, 0.5) is 5.69 Å². The number of amides is 1. The minimum Gasteiger partial charge on any atom is -0.328 e. The van der Waals surface area contributed by atoms with E-state index < -0.39 is 10.0 Å². The number of nitrogens with zero attached hydrogens (tertiary/aromatic N) is 4. The fraction of sp³-hybridized carbons (Fsp3) is 0.462. The molecule has 0 N–H and O–H groups in total. The van der Waals surface area contributed by atoms with Gasteiger partial charge in [0.25, 0.3) is 0 Å². The van der Waals surface area contributed by atoms with Gasteiger partial charge in [0.05, 0.1) is 15.9 Å². The lowest BCUT2D eigenvalue weighted by Gasteiger charge is -2.29. The molecule has 0 unspecified atom stereocenters. The van der Waals surface area contributed by atoms with Crippen molar-refractivity contribution in [1.29, 1.82) is 0 Å². The van der Waals surface area contributed by atoms with Gasteiger partial charge in [0.15, 0.2) is 0 Å². The molecule has 8 heteroatoms. The molecule has 0 atom stereocenters. The van der Waals surface area contributed by atoms with E-state index in [0.717, 1.165) is 62.2 Å². The summed E-state index contributed by atoms with van der Waals surface area (Å²) in [4.78, 5) is 20.2. The van der Waals surface area contributed by atoms with Gasteiger partial charge in [0.1, 0.15) is 5.82 Å². The highest BCUT2D eigenvalue weighted by molar-refractivity contribution is 7.89. The smallest absolute Gasteiger partial charge is 0.243 e. The summed E-state index contributed by atoms with van der Waals surface area (Å²) in [5.74, 6) is 0.950. The predicted molar refractivity (Wildman–Crippen MR) is 133 cm³/mol. The largest absolute Gasteiger partial charge is 0.328 e. The summed E-state index contributed by atoms with van der Waals surface area (Å²) >= 11 is 0. The van der Waals surface area contributed by atoms with Crippen LogP contribution in [0.25, 0.3) is 11.0 Å². The van der Waals surface area contributed by atoms with Gasteiger partial charge in [-0.15, -0.1) is 0 Å². The summed E-state index contributed by atoms with van der Waals surface area (Å²) < 4.78 is 29.8. The normalized spacial score (nSPS) is 16.8. The number of imidazole rings is 1. The summed E-state index contributed by atoms with van der Waals surface area (Å²) in [5, 5.41) is 0. The summed E-state index contributed by atoms with van der Waals surface area (Å²) in [6, 6.07) is 13.4. The van der Waals surface area contributed by atoms with Crippen LogP contribution in [0.15, 0.2) is 47.4 Å². The molecule has 0 bridgehead atoms. The van der Waals surface area contributed by atoms with E-state index in [0.29, 0.717) is 36.3 Å². The second kappa shape index (κ2) is 9.50. The molecule has 0 aliphatic carbocycles. The Morgan fingerprint density at radius 2 is 1.82 bits per heavy atom. The number of carbonyl (C=O) groups is 1. The number of carbonyl (C=O) groups excluding carboxylic acids is 1. The van der Waals surface area contributed by atoms with Crippen molar-refractivity contribution in [1.82, 2.24) is 13.9 Å². The minimum atomic E-state index is -3.49. The number of sulfonamides is 1. The Hall–Kier alpha value is -2.71. The number of aromatic nitrogens is 2. The first-order valence-corrected chi connectivity index (χ1v) is 13.8. The van der Waals surface area contributed by atoms with Gasteiger partial charge in [-0.25, -0.2) is 13.4 Å². The number of rotatable bonds is 7. The number of para-hydroxylation sites is 1. The van der Waals surface area contributed by atoms with Crippen molar-refractivity contribution >= 4 is 32.7 Å². The van der Waals surface area contributed by atoms with Crippen molar-refractivity contribution in [2.45, 2.75) is 63.3 Å². The van der Waals surface area contributed by atoms with E-state index in [1.165, 1.54) is 5.56 Å². The number of aryl methyl sites for hydroxylation is 3. The van der Waals surface area contributed by atoms with Gasteiger partial charge in [-0.1, -0.05) is 25.1 Å². The number of hydrogen-bond acceptors (Lipinski definition) is 4. The highest BCUT2D eigenvalue weighted by atomic mass is 32.2. The molecule has 34 heavy (non-hydrogen) atoms. The molecular formula is C26H32N4O3S.